The third kappa shape index (κ3) is 2.26. The Labute approximate surface area is 140 Å². The van der Waals surface area contributed by atoms with E-state index in [0.717, 1.165) is 32.1 Å². The minimum absolute atomic E-state index is 0.0108. The summed E-state index contributed by atoms with van der Waals surface area (Å²) in [6.07, 6.45) is 5.74. The molecular formula is C20H34O3. The lowest BCUT2D eigenvalue weighted by Gasteiger charge is -2.66. The zero-order valence-corrected chi connectivity index (χ0v) is 15.2. The molecular weight excluding hydrogens is 288 g/mol. The molecule has 7 unspecified atom stereocenters. The lowest BCUT2D eigenvalue weighted by Crippen LogP contribution is -2.67. The van der Waals surface area contributed by atoms with Crippen LogP contribution in [-0.2, 0) is 0 Å². The van der Waals surface area contributed by atoms with Crippen molar-refractivity contribution in [2.24, 2.45) is 28.1 Å². The molecule has 3 saturated carbocycles. The van der Waals surface area contributed by atoms with Gasteiger partial charge in [-0.05, 0) is 54.8 Å². The van der Waals surface area contributed by atoms with E-state index in [1.807, 2.05) is 6.08 Å². The Morgan fingerprint density at radius 1 is 0.957 bits per heavy atom. The van der Waals surface area contributed by atoms with Crippen molar-refractivity contribution >= 4 is 0 Å². The second kappa shape index (κ2) is 5.06. The van der Waals surface area contributed by atoms with Crippen LogP contribution in [0.15, 0.2) is 12.7 Å². The molecule has 0 aliphatic heterocycles. The summed E-state index contributed by atoms with van der Waals surface area (Å²) in [5, 5.41) is 32.9. The molecule has 3 N–H and O–H groups in total. The van der Waals surface area contributed by atoms with Crippen LogP contribution in [-0.4, -0.2) is 33.1 Å². The fourth-order valence-corrected chi connectivity index (χ4v) is 6.57. The van der Waals surface area contributed by atoms with Crippen LogP contribution in [0.5, 0.6) is 0 Å². The van der Waals surface area contributed by atoms with Gasteiger partial charge >= 0.3 is 0 Å². The average molecular weight is 322 g/mol. The van der Waals surface area contributed by atoms with Gasteiger partial charge in [-0.15, -0.1) is 6.58 Å². The fraction of sp³-hybridized carbons (Fsp3) is 0.900. The monoisotopic (exact) mass is 322 g/mol. The number of aliphatic hydroxyl groups is 3. The highest BCUT2D eigenvalue weighted by molar-refractivity contribution is 5.17. The summed E-state index contributed by atoms with van der Waals surface area (Å²) in [5.74, 6) is 0.343. The summed E-state index contributed by atoms with van der Waals surface area (Å²) in [6.45, 7) is 12.6. The zero-order chi connectivity index (χ0) is 17.3. The van der Waals surface area contributed by atoms with Crippen LogP contribution in [0, 0.1) is 28.1 Å². The average Bonchev–Trinajstić information content (AvgIpc) is 2.44. The van der Waals surface area contributed by atoms with Gasteiger partial charge in [0.25, 0.3) is 0 Å². The van der Waals surface area contributed by atoms with E-state index in [-0.39, 0.29) is 28.1 Å². The maximum atomic E-state index is 11.5. The van der Waals surface area contributed by atoms with E-state index in [1.165, 1.54) is 0 Å². The van der Waals surface area contributed by atoms with Crippen LogP contribution < -0.4 is 0 Å². The molecule has 0 bridgehead atoms. The summed E-state index contributed by atoms with van der Waals surface area (Å²) in [5.41, 5.74) is -1.26. The molecule has 3 aliphatic rings. The van der Waals surface area contributed by atoms with E-state index >= 15 is 0 Å². The number of rotatable bonds is 1. The van der Waals surface area contributed by atoms with Crippen LogP contribution in [0.25, 0.3) is 0 Å². The molecule has 0 aromatic heterocycles. The smallest absolute Gasteiger partial charge is 0.0690 e. The van der Waals surface area contributed by atoms with Crippen molar-refractivity contribution in [2.75, 3.05) is 0 Å². The quantitative estimate of drug-likeness (QED) is 0.649. The SMILES string of the molecule is C=CC1(C)CCC2C(O)(CCC3C(C)(C)C(O)CC(O)C23C)C1. The van der Waals surface area contributed by atoms with Gasteiger partial charge < -0.3 is 15.3 Å². The van der Waals surface area contributed by atoms with Gasteiger partial charge in [0.2, 0.25) is 0 Å². The molecule has 3 heteroatoms. The van der Waals surface area contributed by atoms with Crippen molar-refractivity contribution in [2.45, 2.75) is 84.0 Å². The van der Waals surface area contributed by atoms with Gasteiger partial charge in [0, 0.05) is 11.8 Å². The number of hydrogen-bond donors (Lipinski definition) is 3. The normalized spacial score (nSPS) is 55.6. The molecule has 3 rings (SSSR count). The molecule has 0 aromatic carbocycles. The van der Waals surface area contributed by atoms with Gasteiger partial charge in [-0.1, -0.05) is 33.8 Å². The van der Waals surface area contributed by atoms with Crippen molar-refractivity contribution in [3.05, 3.63) is 12.7 Å². The number of fused-ring (bicyclic) bond motifs is 3. The van der Waals surface area contributed by atoms with Gasteiger partial charge in [-0.2, -0.15) is 0 Å². The summed E-state index contributed by atoms with van der Waals surface area (Å²) < 4.78 is 0. The van der Waals surface area contributed by atoms with Crippen molar-refractivity contribution < 1.29 is 15.3 Å². The number of aliphatic hydroxyl groups excluding tert-OH is 2. The van der Waals surface area contributed by atoms with E-state index in [1.54, 1.807) is 0 Å². The highest BCUT2D eigenvalue weighted by Crippen LogP contribution is 2.66. The summed E-state index contributed by atoms with van der Waals surface area (Å²) in [6, 6.07) is 0. The van der Waals surface area contributed by atoms with Crippen molar-refractivity contribution in [3.8, 4) is 0 Å². The van der Waals surface area contributed by atoms with E-state index in [0.29, 0.717) is 6.42 Å². The van der Waals surface area contributed by atoms with E-state index in [4.69, 9.17) is 0 Å². The van der Waals surface area contributed by atoms with Gasteiger partial charge in [-0.3, -0.25) is 0 Å². The molecule has 0 saturated heterocycles. The topological polar surface area (TPSA) is 60.7 Å². The molecule has 132 valence electrons. The zero-order valence-electron chi connectivity index (χ0n) is 15.2. The molecule has 7 atom stereocenters. The molecule has 3 nitrogen and oxygen atoms in total. The largest absolute Gasteiger partial charge is 0.392 e. The molecule has 0 aromatic rings. The Hall–Kier alpha value is -0.380. The Morgan fingerprint density at radius 3 is 2.17 bits per heavy atom. The lowest BCUT2D eigenvalue weighted by molar-refractivity contribution is -0.257. The molecule has 3 fully saturated rings. The molecule has 0 amide bonds. The van der Waals surface area contributed by atoms with Gasteiger partial charge in [0.1, 0.15) is 0 Å². The predicted octanol–water partition coefficient (Wildman–Crippen LogP) is 3.28. The highest BCUT2D eigenvalue weighted by Gasteiger charge is 2.66. The fourth-order valence-electron chi connectivity index (χ4n) is 6.57. The first-order chi connectivity index (χ1) is 10.5. The minimum atomic E-state index is -0.716. The highest BCUT2D eigenvalue weighted by atomic mass is 16.3. The third-order valence-corrected chi connectivity index (χ3v) is 8.14. The maximum Gasteiger partial charge on any atom is 0.0690 e. The van der Waals surface area contributed by atoms with Gasteiger partial charge in [0.05, 0.1) is 17.8 Å². The van der Waals surface area contributed by atoms with Crippen molar-refractivity contribution in [3.63, 3.8) is 0 Å². The third-order valence-electron chi connectivity index (χ3n) is 8.14. The van der Waals surface area contributed by atoms with E-state index < -0.39 is 17.8 Å². The Kier molecular flexibility index (Phi) is 3.84. The van der Waals surface area contributed by atoms with Crippen LogP contribution in [0.2, 0.25) is 0 Å². The van der Waals surface area contributed by atoms with Crippen molar-refractivity contribution in [1.82, 2.24) is 0 Å². The molecule has 3 aliphatic carbocycles. The standard InChI is InChI=1S/C20H34O3/c1-6-18(4)9-7-14-19(5)13(8-10-20(14,23)12-18)17(2,3)15(21)11-16(19)22/h6,13-16,21-23H,1,7-12H2,2-5H3. The van der Waals surface area contributed by atoms with Crippen LogP contribution >= 0.6 is 0 Å². The molecule has 0 heterocycles. The molecule has 0 radical (unpaired) electrons. The Balaban J connectivity index is 2.01. The first-order valence-corrected chi connectivity index (χ1v) is 9.22. The summed E-state index contributed by atoms with van der Waals surface area (Å²) in [7, 11) is 0. The Morgan fingerprint density at radius 2 is 1.57 bits per heavy atom. The van der Waals surface area contributed by atoms with Crippen molar-refractivity contribution in [1.29, 1.82) is 0 Å². The van der Waals surface area contributed by atoms with E-state index in [9.17, 15) is 15.3 Å². The number of hydrogen-bond acceptors (Lipinski definition) is 3. The van der Waals surface area contributed by atoms with E-state index in [2.05, 4.69) is 34.3 Å². The van der Waals surface area contributed by atoms with Crippen LogP contribution in [0.3, 0.4) is 0 Å². The molecule has 0 spiro atoms. The lowest BCUT2D eigenvalue weighted by atomic mass is 9.41. The maximum absolute atomic E-state index is 11.5. The second-order valence-electron chi connectivity index (χ2n) is 9.78. The second-order valence-corrected chi connectivity index (χ2v) is 9.78. The summed E-state index contributed by atoms with van der Waals surface area (Å²) in [4.78, 5) is 0. The predicted molar refractivity (Wildman–Crippen MR) is 91.8 cm³/mol. The number of allylic oxidation sites excluding steroid dienone is 1. The van der Waals surface area contributed by atoms with Crippen LogP contribution in [0.4, 0.5) is 0 Å². The minimum Gasteiger partial charge on any atom is -0.392 e. The Bertz CT molecular complexity index is 501. The first-order valence-electron chi connectivity index (χ1n) is 9.22. The summed E-state index contributed by atoms with van der Waals surface area (Å²) >= 11 is 0. The van der Waals surface area contributed by atoms with Gasteiger partial charge in [0.15, 0.2) is 0 Å². The first kappa shape index (κ1) is 17.4. The van der Waals surface area contributed by atoms with Crippen LogP contribution in [0.1, 0.15) is 66.2 Å². The van der Waals surface area contributed by atoms with Gasteiger partial charge in [-0.25, -0.2) is 0 Å². The molecule has 23 heavy (non-hydrogen) atoms.